The summed E-state index contributed by atoms with van der Waals surface area (Å²) in [6.45, 7) is 0. The first-order chi connectivity index (χ1) is 9.95. The minimum Gasteiger partial charge on any atom is -0.383 e. The second kappa shape index (κ2) is 4.77. The van der Waals surface area contributed by atoms with Crippen molar-refractivity contribution in [2.75, 3.05) is 0 Å². The summed E-state index contributed by atoms with van der Waals surface area (Å²) in [5, 5.41) is 0. The van der Waals surface area contributed by atoms with Crippen LogP contribution in [0.25, 0.3) is 11.8 Å². The van der Waals surface area contributed by atoms with Gasteiger partial charge in [0, 0.05) is 11.1 Å². The molecular formula is C16H11F3N2. The van der Waals surface area contributed by atoms with E-state index in [9.17, 15) is 13.2 Å². The Kier molecular flexibility index (Phi) is 3.05. The van der Waals surface area contributed by atoms with E-state index in [0.29, 0.717) is 17.1 Å². The number of alkyl halides is 3. The van der Waals surface area contributed by atoms with Crippen molar-refractivity contribution in [1.82, 2.24) is 0 Å². The summed E-state index contributed by atoms with van der Waals surface area (Å²) in [6, 6.07) is 12.4. The number of nitrogens with two attached hydrogens (primary N) is 1. The third-order valence-electron chi connectivity index (χ3n) is 3.26. The molecule has 1 aliphatic rings. The topological polar surface area (TPSA) is 38.4 Å². The largest absolute Gasteiger partial charge is 0.416 e. The molecule has 5 heteroatoms. The van der Waals surface area contributed by atoms with E-state index in [1.807, 2.05) is 24.3 Å². The summed E-state index contributed by atoms with van der Waals surface area (Å²) in [5.41, 5.74) is 8.19. The summed E-state index contributed by atoms with van der Waals surface area (Å²) < 4.78 is 37.6. The number of hydrogen-bond donors (Lipinski definition) is 1. The van der Waals surface area contributed by atoms with E-state index in [1.165, 1.54) is 12.1 Å². The minimum absolute atomic E-state index is 0.420. The van der Waals surface area contributed by atoms with Gasteiger partial charge in [0.25, 0.3) is 0 Å². The Balaban J connectivity index is 1.97. The van der Waals surface area contributed by atoms with Crippen molar-refractivity contribution in [2.45, 2.75) is 6.18 Å². The van der Waals surface area contributed by atoms with Crippen LogP contribution in [0.15, 0.2) is 53.5 Å². The fraction of sp³-hybridized carbons (Fsp3) is 0.0625. The normalized spacial score (nSPS) is 16.0. The molecule has 0 aliphatic carbocycles. The molecule has 0 spiro atoms. The van der Waals surface area contributed by atoms with Crippen molar-refractivity contribution < 1.29 is 13.2 Å². The number of aliphatic imine (C=N–C) groups is 1. The van der Waals surface area contributed by atoms with E-state index in [0.717, 1.165) is 23.3 Å². The lowest BCUT2D eigenvalue weighted by atomic mass is 10.0. The monoisotopic (exact) mass is 288 g/mol. The van der Waals surface area contributed by atoms with Crippen molar-refractivity contribution in [3.63, 3.8) is 0 Å². The predicted molar refractivity (Wildman–Crippen MR) is 76.5 cm³/mol. The molecule has 0 fully saturated rings. The van der Waals surface area contributed by atoms with Crippen molar-refractivity contribution >= 4 is 17.6 Å². The first-order valence-corrected chi connectivity index (χ1v) is 6.28. The highest BCUT2D eigenvalue weighted by atomic mass is 19.4. The first kappa shape index (κ1) is 13.4. The average Bonchev–Trinajstić information content (AvgIpc) is 2.76. The number of hydrogen-bond acceptors (Lipinski definition) is 2. The number of nitrogens with zero attached hydrogens (tertiary/aromatic N) is 1. The third kappa shape index (κ3) is 2.54. The van der Waals surface area contributed by atoms with E-state index >= 15 is 0 Å². The summed E-state index contributed by atoms with van der Waals surface area (Å²) in [7, 11) is 0. The highest BCUT2D eigenvalue weighted by Crippen LogP contribution is 2.31. The van der Waals surface area contributed by atoms with Crippen molar-refractivity contribution in [3.05, 3.63) is 70.8 Å². The van der Waals surface area contributed by atoms with E-state index in [1.54, 1.807) is 6.08 Å². The Labute approximate surface area is 119 Å². The zero-order valence-electron chi connectivity index (χ0n) is 10.9. The molecular weight excluding hydrogens is 277 g/mol. The first-order valence-electron chi connectivity index (χ1n) is 6.28. The second-order valence-electron chi connectivity index (χ2n) is 4.69. The molecule has 1 aliphatic heterocycles. The number of rotatable bonds is 1. The highest BCUT2D eigenvalue weighted by Gasteiger charge is 2.29. The lowest BCUT2D eigenvalue weighted by molar-refractivity contribution is -0.137. The van der Waals surface area contributed by atoms with Crippen LogP contribution < -0.4 is 5.73 Å². The Morgan fingerprint density at radius 3 is 2.14 bits per heavy atom. The predicted octanol–water partition coefficient (Wildman–Crippen LogP) is 3.92. The smallest absolute Gasteiger partial charge is 0.383 e. The number of amidine groups is 1. The van der Waals surface area contributed by atoms with Gasteiger partial charge in [0.05, 0.1) is 11.3 Å². The van der Waals surface area contributed by atoms with Gasteiger partial charge in [0.1, 0.15) is 5.84 Å². The lowest BCUT2D eigenvalue weighted by Crippen LogP contribution is -2.09. The van der Waals surface area contributed by atoms with Crippen LogP contribution in [0.3, 0.4) is 0 Å². The van der Waals surface area contributed by atoms with Crippen LogP contribution in [0.4, 0.5) is 13.2 Å². The SMILES string of the molecule is NC1=N/C(=C\c2ccc(C(F)(F)F)cc2)c2ccccc21. The molecule has 106 valence electrons. The van der Waals surface area contributed by atoms with Crippen molar-refractivity contribution in [1.29, 1.82) is 0 Å². The fourth-order valence-electron chi connectivity index (χ4n) is 2.22. The zero-order valence-corrected chi connectivity index (χ0v) is 10.9. The quantitative estimate of drug-likeness (QED) is 0.848. The van der Waals surface area contributed by atoms with Gasteiger partial charge in [-0.1, -0.05) is 36.4 Å². The molecule has 1 heterocycles. The van der Waals surface area contributed by atoms with E-state index < -0.39 is 11.7 Å². The van der Waals surface area contributed by atoms with Crippen LogP contribution in [0, 0.1) is 0 Å². The van der Waals surface area contributed by atoms with E-state index in [4.69, 9.17) is 5.73 Å². The van der Waals surface area contributed by atoms with Crippen LogP contribution in [0.1, 0.15) is 22.3 Å². The maximum atomic E-state index is 12.5. The van der Waals surface area contributed by atoms with E-state index in [-0.39, 0.29) is 0 Å². The summed E-state index contributed by atoms with van der Waals surface area (Å²) in [5.74, 6) is 0.420. The Morgan fingerprint density at radius 2 is 1.52 bits per heavy atom. The van der Waals surface area contributed by atoms with Crippen LogP contribution in [-0.4, -0.2) is 5.84 Å². The summed E-state index contributed by atoms with van der Waals surface area (Å²) in [4.78, 5) is 4.26. The summed E-state index contributed by atoms with van der Waals surface area (Å²) >= 11 is 0. The van der Waals surface area contributed by atoms with Crippen molar-refractivity contribution in [2.24, 2.45) is 10.7 Å². The molecule has 21 heavy (non-hydrogen) atoms. The van der Waals surface area contributed by atoms with Crippen molar-refractivity contribution in [3.8, 4) is 0 Å². The number of fused-ring (bicyclic) bond motifs is 1. The standard InChI is InChI=1S/C16H11F3N2/c17-16(18,19)11-7-5-10(6-8-11)9-14-12-3-1-2-4-13(12)15(20)21-14/h1-9H,(H2,20,21)/b14-9-. The minimum atomic E-state index is -4.33. The van der Waals surface area contributed by atoms with E-state index in [2.05, 4.69) is 4.99 Å². The van der Waals surface area contributed by atoms with Gasteiger partial charge in [0.15, 0.2) is 0 Å². The summed E-state index contributed by atoms with van der Waals surface area (Å²) in [6.07, 6.45) is -2.60. The molecule has 0 atom stereocenters. The molecule has 0 saturated carbocycles. The maximum absolute atomic E-state index is 12.5. The molecule has 0 aromatic heterocycles. The van der Waals surface area contributed by atoms with Gasteiger partial charge in [-0.05, 0) is 23.8 Å². The van der Waals surface area contributed by atoms with Gasteiger partial charge in [-0.15, -0.1) is 0 Å². The molecule has 0 amide bonds. The van der Waals surface area contributed by atoms with Crippen LogP contribution in [-0.2, 0) is 6.18 Å². The zero-order chi connectivity index (χ0) is 15.0. The molecule has 2 nitrogen and oxygen atoms in total. The molecule has 0 saturated heterocycles. The fourth-order valence-corrected chi connectivity index (χ4v) is 2.22. The Morgan fingerprint density at radius 1 is 0.905 bits per heavy atom. The van der Waals surface area contributed by atoms with Gasteiger partial charge in [-0.2, -0.15) is 13.2 Å². The molecule has 0 unspecified atom stereocenters. The second-order valence-corrected chi connectivity index (χ2v) is 4.69. The number of halogens is 3. The highest BCUT2D eigenvalue weighted by molar-refractivity contribution is 6.11. The van der Waals surface area contributed by atoms with Crippen LogP contribution >= 0.6 is 0 Å². The Hall–Kier alpha value is -2.56. The molecule has 3 rings (SSSR count). The van der Waals surface area contributed by atoms with Crippen LogP contribution in [0.2, 0.25) is 0 Å². The Bertz CT molecular complexity index is 741. The molecule has 0 bridgehead atoms. The molecule has 2 N–H and O–H groups in total. The van der Waals surface area contributed by atoms with Gasteiger partial charge in [-0.3, -0.25) is 0 Å². The third-order valence-corrected chi connectivity index (χ3v) is 3.26. The molecule has 0 radical (unpaired) electrons. The average molecular weight is 288 g/mol. The number of benzene rings is 2. The molecule has 2 aromatic carbocycles. The van der Waals surface area contributed by atoms with Gasteiger partial charge >= 0.3 is 6.18 Å². The van der Waals surface area contributed by atoms with Gasteiger partial charge < -0.3 is 5.73 Å². The lowest BCUT2D eigenvalue weighted by Gasteiger charge is -2.06. The van der Waals surface area contributed by atoms with Gasteiger partial charge in [0.2, 0.25) is 0 Å². The van der Waals surface area contributed by atoms with Gasteiger partial charge in [-0.25, -0.2) is 4.99 Å². The van der Waals surface area contributed by atoms with Crippen LogP contribution in [0.5, 0.6) is 0 Å². The molecule has 2 aromatic rings. The maximum Gasteiger partial charge on any atom is 0.416 e.